The molecule has 1 atom stereocenters. The predicted octanol–water partition coefficient (Wildman–Crippen LogP) is 2.84. The maximum Gasteiger partial charge on any atom is 0.292 e. The van der Waals surface area contributed by atoms with Crippen LogP contribution in [0.25, 0.3) is 0 Å². The number of hydrogen-bond acceptors (Lipinski definition) is 4. The molecule has 120 valence electrons. The second-order valence-electron chi connectivity index (χ2n) is 5.56. The minimum Gasteiger partial charge on any atom is -0.342 e. The highest BCUT2D eigenvalue weighted by molar-refractivity contribution is 7.62. The smallest absolute Gasteiger partial charge is 0.292 e. The molecular weight excluding hydrogens is 311 g/mol. The summed E-state index contributed by atoms with van der Waals surface area (Å²) in [7, 11) is -2.65. The summed E-state index contributed by atoms with van der Waals surface area (Å²) >= 11 is 0. The van der Waals surface area contributed by atoms with Gasteiger partial charge in [-0.3, -0.25) is 14.6 Å². The van der Waals surface area contributed by atoms with Crippen molar-refractivity contribution in [2.45, 2.75) is 13.1 Å². The molecule has 0 aliphatic carbocycles. The summed E-state index contributed by atoms with van der Waals surface area (Å²) in [6, 6.07) is 12.0. The maximum atomic E-state index is 12.6. The Kier molecular flexibility index (Phi) is 5.45. The molecule has 1 aromatic carbocycles. The molecule has 0 fully saturated rings. The molecule has 2 aromatic rings. The van der Waals surface area contributed by atoms with E-state index in [-0.39, 0.29) is 6.29 Å². The third kappa shape index (κ3) is 4.86. The van der Waals surface area contributed by atoms with Gasteiger partial charge in [-0.05, 0) is 25.2 Å². The zero-order valence-corrected chi connectivity index (χ0v) is 14.0. The van der Waals surface area contributed by atoms with Crippen molar-refractivity contribution in [3.63, 3.8) is 0 Å². The number of hydrogen-bond donors (Lipinski definition) is 1. The highest BCUT2D eigenvalue weighted by atomic mass is 31.2. The first-order valence-corrected chi connectivity index (χ1v) is 9.75. The Morgan fingerprint density at radius 1 is 1.13 bits per heavy atom. The van der Waals surface area contributed by atoms with Crippen molar-refractivity contribution in [2.75, 3.05) is 13.0 Å². The zero-order valence-electron chi connectivity index (χ0n) is 13.2. The number of aryl methyl sites for hydroxylation is 1. The number of aromatic nitrogens is 1. The van der Waals surface area contributed by atoms with E-state index in [9.17, 15) is 14.2 Å². The van der Waals surface area contributed by atoms with Gasteiger partial charge >= 0.3 is 0 Å². The Morgan fingerprint density at radius 3 is 2.48 bits per heavy atom. The average Bonchev–Trinajstić information content (AvgIpc) is 2.55. The topological polar surface area (TPSA) is 76.1 Å². The molecule has 5 nitrogen and oxygen atoms in total. The number of nitrogens with zero attached hydrogens (tertiary/aromatic N) is 1. The zero-order chi connectivity index (χ0) is 16.9. The molecule has 1 N–H and O–H groups in total. The second-order valence-corrected chi connectivity index (χ2v) is 8.79. The molecule has 0 saturated carbocycles. The number of amides is 1. The summed E-state index contributed by atoms with van der Waals surface area (Å²) in [5, 5.41) is 2.49. The summed E-state index contributed by atoms with van der Waals surface area (Å²) in [6.45, 7) is 3.47. The molecule has 1 unspecified atom stereocenters. The monoisotopic (exact) mass is 330 g/mol. The van der Waals surface area contributed by atoms with Crippen LogP contribution < -0.4 is 5.32 Å². The summed E-state index contributed by atoms with van der Waals surface area (Å²) in [5.41, 5.74) is 2.03. The molecule has 6 heteroatoms. The predicted molar refractivity (Wildman–Crippen MR) is 90.0 cm³/mol. The molecular formula is C17H19N2O3P. The Morgan fingerprint density at radius 2 is 1.83 bits per heavy atom. The van der Waals surface area contributed by atoms with Crippen molar-refractivity contribution in [3.8, 4) is 0 Å². The fourth-order valence-electron chi connectivity index (χ4n) is 2.14. The van der Waals surface area contributed by atoms with Gasteiger partial charge in [0.2, 0.25) is 5.78 Å². The van der Waals surface area contributed by atoms with Gasteiger partial charge in [-0.25, -0.2) is 0 Å². The van der Waals surface area contributed by atoms with Crippen LogP contribution in [0.5, 0.6) is 0 Å². The fraction of sp³-hybridized carbons (Fsp3) is 0.235. The quantitative estimate of drug-likeness (QED) is 0.502. The Bertz CT molecular complexity index is 759. The van der Waals surface area contributed by atoms with E-state index in [1.165, 1.54) is 0 Å². The first-order chi connectivity index (χ1) is 10.9. The van der Waals surface area contributed by atoms with Crippen LogP contribution in [0.15, 0.2) is 48.7 Å². The Labute approximate surface area is 135 Å². The summed E-state index contributed by atoms with van der Waals surface area (Å²) < 4.78 is 12.6. The van der Waals surface area contributed by atoms with Gasteiger partial charge in [-0.2, -0.15) is 0 Å². The summed E-state index contributed by atoms with van der Waals surface area (Å²) in [6.07, 6.45) is 2.00. The van der Waals surface area contributed by atoms with Gasteiger partial charge in [0.15, 0.2) is 0 Å². The van der Waals surface area contributed by atoms with Crippen molar-refractivity contribution in [2.24, 2.45) is 0 Å². The molecule has 0 saturated heterocycles. The van der Waals surface area contributed by atoms with Crippen molar-refractivity contribution >= 4 is 18.8 Å². The van der Waals surface area contributed by atoms with Crippen LogP contribution in [0.1, 0.15) is 21.6 Å². The van der Waals surface area contributed by atoms with Crippen LogP contribution in [0.4, 0.5) is 0 Å². The number of nitrogens with one attached hydrogen (secondary N) is 1. The highest BCUT2D eigenvalue weighted by Crippen LogP contribution is 2.44. The normalized spacial score (nSPS) is 13.1. The van der Waals surface area contributed by atoms with E-state index in [1.54, 1.807) is 49.3 Å². The van der Waals surface area contributed by atoms with Gasteiger partial charge in [0.05, 0.1) is 6.29 Å². The third-order valence-corrected chi connectivity index (χ3v) is 5.27. The Balaban J connectivity index is 1.96. The SMILES string of the molecule is Cc1ncccc1CP(C)(=O)CNC(=O)C(=O)c1ccccc1. The van der Waals surface area contributed by atoms with Crippen LogP contribution in [0.3, 0.4) is 0 Å². The number of rotatable bonds is 6. The lowest BCUT2D eigenvalue weighted by atomic mass is 10.1. The molecule has 0 spiro atoms. The molecule has 23 heavy (non-hydrogen) atoms. The number of benzene rings is 1. The van der Waals surface area contributed by atoms with Crippen molar-refractivity contribution < 1.29 is 14.2 Å². The van der Waals surface area contributed by atoms with Crippen LogP contribution in [0.2, 0.25) is 0 Å². The molecule has 1 amide bonds. The molecule has 2 rings (SSSR count). The third-order valence-electron chi connectivity index (χ3n) is 3.44. The fourth-order valence-corrected chi connectivity index (χ4v) is 3.79. The highest BCUT2D eigenvalue weighted by Gasteiger charge is 2.21. The first-order valence-electron chi connectivity index (χ1n) is 7.23. The van der Waals surface area contributed by atoms with E-state index in [0.717, 1.165) is 11.3 Å². The molecule has 0 radical (unpaired) electrons. The minimum absolute atomic E-state index is 0.0151. The van der Waals surface area contributed by atoms with Gasteiger partial charge in [-0.1, -0.05) is 36.4 Å². The number of ketones is 1. The van der Waals surface area contributed by atoms with Crippen LogP contribution in [0, 0.1) is 6.92 Å². The lowest BCUT2D eigenvalue weighted by Gasteiger charge is -2.15. The summed E-state index contributed by atoms with van der Waals surface area (Å²) in [5.74, 6) is -1.36. The molecule has 1 aromatic heterocycles. The van der Waals surface area contributed by atoms with E-state index in [0.29, 0.717) is 11.7 Å². The average molecular weight is 330 g/mol. The standard InChI is InChI=1S/C17H19N2O3P/c1-13-15(9-6-10-18-13)11-23(2,22)12-19-17(21)16(20)14-7-4-3-5-8-14/h3-10H,11-12H2,1-2H3,(H,19,21). The number of pyridine rings is 1. The number of carbonyl (C=O) groups excluding carboxylic acids is 2. The van der Waals surface area contributed by atoms with Crippen molar-refractivity contribution in [3.05, 3.63) is 65.5 Å². The van der Waals surface area contributed by atoms with Gasteiger partial charge < -0.3 is 9.88 Å². The van der Waals surface area contributed by atoms with Gasteiger partial charge in [0.1, 0.15) is 7.14 Å². The van der Waals surface area contributed by atoms with Crippen LogP contribution in [-0.2, 0) is 15.5 Å². The largest absolute Gasteiger partial charge is 0.342 e. The minimum atomic E-state index is -2.65. The van der Waals surface area contributed by atoms with E-state index in [4.69, 9.17) is 0 Å². The maximum absolute atomic E-state index is 12.6. The van der Waals surface area contributed by atoms with Gasteiger partial charge in [0, 0.05) is 23.6 Å². The van der Waals surface area contributed by atoms with E-state index in [2.05, 4.69) is 10.3 Å². The van der Waals surface area contributed by atoms with E-state index in [1.807, 2.05) is 13.0 Å². The van der Waals surface area contributed by atoms with E-state index >= 15 is 0 Å². The van der Waals surface area contributed by atoms with Gasteiger partial charge in [-0.15, -0.1) is 0 Å². The van der Waals surface area contributed by atoms with Crippen molar-refractivity contribution in [1.82, 2.24) is 10.3 Å². The molecule has 0 aliphatic rings. The Hall–Kier alpha value is -2.26. The van der Waals surface area contributed by atoms with Gasteiger partial charge in [0.25, 0.3) is 5.91 Å². The molecule has 1 heterocycles. The van der Waals surface area contributed by atoms with Crippen LogP contribution >= 0.6 is 7.14 Å². The number of Topliss-reactive ketones (excluding diaryl/α,β-unsaturated/α-hetero) is 1. The first kappa shape index (κ1) is 17.1. The molecule has 0 aliphatic heterocycles. The van der Waals surface area contributed by atoms with E-state index < -0.39 is 18.8 Å². The summed E-state index contributed by atoms with van der Waals surface area (Å²) in [4.78, 5) is 28.0. The lowest BCUT2D eigenvalue weighted by molar-refractivity contribution is -0.116. The number of carbonyl (C=O) groups is 2. The van der Waals surface area contributed by atoms with Crippen molar-refractivity contribution in [1.29, 1.82) is 0 Å². The lowest BCUT2D eigenvalue weighted by Crippen LogP contribution is -2.31. The second kappa shape index (κ2) is 7.34. The van der Waals surface area contributed by atoms with Crippen LogP contribution in [-0.4, -0.2) is 29.6 Å². The molecule has 0 bridgehead atoms.